The number of halogens is 3. The second-order valence-electron chi connectivity index (χ2n) is 9.22. The van der Waals surface area contributed by atoms with Gasteiger partial charge in [-0.05, 0) is 63.4 Å². The molecule has 1 saturated heterocycles. The van der Waals surface area contributed by atoms with Crippen LogP contribution in [0, 0.1) is 5.92 Å². The van der Waals surface area contributed by atoms with E-state index in [0.717, 1.165) is 17.0 Å². The van der Waals surface area contributed by atoms with Gasteiger partial charge in [-0.2, -0.15) is 0 Å². The van der Waals surface area contributed by atoms with Gasteiger partial charge in [0.15, 0.2) is 0 Å². The molecule has 1 aromatic carbocycles. The minimum atomic E-state index is -4.87. The molecular weight excluding hydrogens is 455 g/mol. The highest BCUT2D eigenvalue weighted by Gasteiger charge is 2.71. The zero-order valence-corrected chi connectivity index (χ0v) is 18.8. The van der Waals surface area contributed by atoms with Crippen molar-refractivity contribution in [1.82, 2.24) is 4.98 Å². The highest BCUT2D eigenvalue weighted by atomic mass is 19.4. The molecule has 8 nitrogen and oxygen atoms in total. The van der Waals surface area contributed by atoms with Crippen LogP contribution in [0.5, 0.6) is 5.75 Å². The molecule has 0 bridgehead atoms. The molecule has 2 fully saturated rings. The molecule has 1 aliphatic heterocycles. The number of amides is 3. The number of urea groups is 1. The Morgan fingerprint density at radius 3 is 2.26 bits per heavy atom. The van der Waals surface area contributed by atoms with Crippen molar-refractivity contribution in [3.8, 4) is 5.75 Å². The fourth-order valence-electron chi connectivity index (χ4n) is 4.08. The first-order chi connectivity index (χ1) is 15.7. The van der Waals surface area contributed by atoms with Crippen LogP contribution in [0.2, 0.25) is 0 Å². The van der Waals surface area contributed by atoms with Crippen LogP contribution in [0.15, 0.2) is 42.7 Å². The second kappa shape index (κ2) is 7.71. The zero-order chi connectivity index (χ0) is 25.1. The summed E-state index contributed by atoms with van der Waals surface area (Å²) in [4.78, 5) is 46.0. The zero-order valence-electron chi connectivity index (χ0n) is 18.8. The molecule has 2 aromatic rings. The number of imide groups is 1. The van der Waals surface area contributed by atoms with Gasteiger partial charge in [0.05, 0.1) is 11.4 Å². The fourth-order valence-corrected chi connectivity index (χ4v) is 4.08. The number of hydrogen-bond acceptors (Lipinski definition) is 6. The highest BCUT2D eigenvalue weighted by molar-refractivity contribution is 6.32. The van der Waals surface area contributed by atoms with Gasteiger partial charge in [-0.15, -0.1) is 13.2 Å². The minimum Gasteiger partial charge on any atom is -0.456 e. The van der Waals surface area contributed by atoms with E-state index >= 15 is 0 Å². The maximum Gasteiger partial charge on any atom is 0.573 e. The van der Waals surface area contributed by atoms with Crippen LogP contribution in [0.1, 0.15) is 44.5 Å². The Labute approximate surface area is 193 Å². The van der Waals surface area contributed by atoms with Gasteiger partial charge < -0.3 is 9.47 Å². The van der Waals surface area contributed by atoms with Crippen molar-refractivity contribution in [2.45, 2.75) is 51.6 Å². The summed E-state index contributed by atoms with van der Waals surface area (Å²) in [5.74, 6) is -1.92. The van der Waals surface area contributed by atoms with E-state index in [-0.39, 0.29) is 22.9 Å². The van der Waals surface area contributed by atoms with Gasteiger partial charge >= 0.3 is 18.4 Å². The Morgan fingerprint density at radius 1 is 1.12 bits per heavy atom. The van der Waals surface area contributed by atoms with Crippen molar-refractivity contribution < 1.29 is 37.0 Å². The molecule has 1 aromatic heterocycles. The average Bonchev–Trinajstić information content (AvgIpc) is 3.33. The molecule has 4 rings (SSSR count). The van der Waals surface area contributed by atoms with E-state index in [1.807, 2.05) is 0 Å². The van der Waals surface area contributed by atoms with Crippen LogP contribution in [0.3, 0.4) is 0 Å². The predicted molar refractivity (Wildman–Crippen MR) is 114 cm³/mol. The Bertz CT molecular complexity index is 1160. The average molecular weight is 477 g/mol. The summed E-state index contributed by atoms with van der Waals surface area (Å²) in [5.41, 5.74) is -1.74. The smallest absolute Gasteiger partial charge is 0.456 e. The molecular formula is C23H22F3N3O5. The van der Waals surface area contributed by atoms with E-state index in [0.29, 0.717) is 6.42 Å². The van der Waals surface area contributed by atoms with Gasteiger partial charge in [-0.3, -0.25) is 14.7 Å². The van der Waals surface area contributed by atoms with Crippen molar-refractivity contribution in [2.24, 2.45) is 5.92 Å². The van der Waals surface area contributed by atoms with E-state index in [9.17, 15) is 27.6 Å². The van der Waals surface area contributed by atoms with Crippen LogP contribution >= 0.6 is 0 Å². The number of carbonyl (C=O) groups excluding carboxylic acids is 3. The maximum absolute atomic E-state index is 13.5. The molecule has 2 atom stereocenters. The number of pyridine rings is 1. The van der Waals surface area contributed by atoms with Gasteiger partial charge in [0.1, 0.15) is 22.5 Å². The molecule has 2 unspecified atom stereocenters. The standard InChI is InChI=1S/C23H22F3N3O5/c1-13-11-22(13)19(31)28(14-5-7-15(8-6-14)33-23(24,25)26)20(32)29(22)17-9-10-27-12-16(17)18(30)34-21(2,3)4/h5-10,12-13H,11H2,1-4H3. The Balaban J connectivity index is 1.72. The molecule has 11 heteroatoms. The molecule has 0 radical (unpaired) electrons. The van der Waals surface area contributed by atoms with Crippen molar-refractivity contribution in [2.75, 3.05) is 9.80 Å². The first kappa shape index (κ1) is 23.5. The summed E-state index contributed by atoms with van der Waals surface area (Å²) in [6, 6.07) is 5.17. The van der Waals surface area contributed by atoms with Crippen molar-refractivity contribution >= 4 is 29.3 Å². The minimum absolute atomic E-state index is 0.0211. The fraction of sp³-hybridized carbons (Fsp3) is 0.391. The number of aromatic nitrogens is 1. The molecule has 1 spiro atoms. The lowest BCUT2D eigenvalue weighted by atomic mass is 10.1. The quantitative estimate of drug-likeness (QED) is 0.469. The molecule has 2 aliphatic rings. The third-order valence-corrected chi connectivity index (χ3v) is 5.61. The lowest BCUT2D eigenvalue weighted by Crippen LogP contribution is -2.40. The van der Waals surface area contributed by atoms with E-state index in [1.165, 1.54) is 35.5 Å². The van der Waals surface area contributed by atoms with Gasteiger partial charge in [0.25, 0.3) is 5.91 Å². The van der Waals surface area contributed by atoms with Crippen molar-refractivity contribution in [3.63, 3.8) is 0 Å². The summed E-state index contributed by atoms with van der Waals surface area (Å²) < 4.78 is 46.7. The summed E-state index contributed by atoms with van der Waals surface area (Å²) in [7, 11) is 0. The summed E-state index contributed by atoms with van der Waals surface area (Å²) in [6.45, 7) is 6.90. The predicted octanol–water partition coefficient (Wildman–Crippen LogP) is 4.69. The van der Waals surface area contributed by atoms with E-state index in [4.69, 9.17) is 4.74 Å². The van der Waals surface area contributed by atoms with E-state index in [2.05, 4.69) is 9.72 Å². The molecule has 2 heterocycles. The number of benzene rings is 1. The SMILES string of the molecule is CC1CC12C(=O)N(c1ccc(OC(F)(F)F)cc1)C(=O)N2c1ccncc1C(=O)OC(C)(C)C. The molecule has 3 amide bonds. The van der Waals surface area contributed by atoms with Crippen LogP contribution in [-0.2, 0) is 9.53 Å². The third kappa shape index (κ3) is 4.06. The maximum atomic E-state index is 13.5. The van der Waals surface area contributed by atoms with E-state index in [1.54, 1.807) is 27.7 Å². The number of hydrogen-bond donors (Lipinski definition) is 0. The van der Waals surface area contributed by atoms with Gasteiger partial charge in [-0.1, -0.05) is 6.92 Å². The number of ether oxygens (including phenoxy) is 2. The number of anilines is 2. The highest BCUT2D eigenvalue weighted by Crippen LogP contribution is 2.56. The Morgan fingerprint density at radius 2 is 1.74 bits per heavy atom. The van der Waals surface area contributed by atoms with Crippen LogP contribution in [0.4, 0.5) is 29.3 Å². The van der Waals surface area contributed by atoms with Crippen LogP contribution < -0.4 is 14.5 Å². The van der Waals surface area contributed by atoms with Crippen molar-refractivity contribution in [1.29, 1.82) is 0 Å². The molecule has 1 saturated carbocycles. The van der Waals surface area contributed by atoms with E-state index < -0.39 is 41.2 Å². The number of alkyl halides is 3. The monoisotopic (exact) mass is 477 g/mol. The summed E-state index contributed by atoms with van der Waals surface area (Å²) in [5, 5.41) is 0. The largest absolute Gasteiger partial charge is 0.573 e. The number of carbonyl (C=O) groups is 3. The summed E-state index contributed by atoms with van der Waals surface area (Å²) in [6.07, 6.45) is -1.84. The Hall–Kier alpha value is -3.63. The van der Waals surface area contributed by atoms with Gasteiger partial charge in [-0.25, -0.2) is 14.5 Å². The van der Waals surface area contributed by atoms with Gasteiger partial charge in [0.2, 0.25) is 0 Å². The van der Waals surface area contributed by atoms with Crippen LogP contribution in [-0.4, -0.2) is 40.4 Å². The van der Waals surface area contributed by atoms with Crippen LogP contribution in [0.25, 0.3) is 0 Å². The molecule has 0 N–H and O–H groups in total. The first-order valence-electron chi connectivity index (χ1n) is 10.5. The third-order valence-electron chi connectivity index (χ3n) is 5.61. The first-order valence-corrected chi connectivity index (χ1v) is 10.5. The topological polar surface area (TPSA) is 89.0 Å². The lowest BCUT2D eigenvalue weighted by Gasteiger charge is -2.26. The van der Waals surface area contributed by atoms with Crippen molar-refractivity contribution in [3.05, 3.63) is 48.3 Å². The molecule has 180 valence electrons. The lowest BCUT2D eigenvalue weighted by molar-refractivity contribution is -0.274. The normalized spacial score (nSPS) is 22.4. The molecule has 34 heavy (non-hydrogen) atoms. The Kier molecular flexibility index (Phi) is 5.34. The number of esters is 1. The van der Waals surface area contributed by atoms with Gasteiger partial charge in [0, 0.05) is 12.4 Å². The summed E-state index contributed by atoms with van der Waals surface area (Å²) >= 11 is 0. The number of nitrogens with zero attached hydrogens (tertiary/aromatic N) is 3. The molecule has 1 aliphatic carbocycles. The number of rotatable bonds is 4. The second-order valence-corrected chi connectivity index (χ2v) is 9.22.